The second-order valence-electron chi connectivity index (χ2n) is 6.89. The van der Waals surface area contributed by atoms with Gasteiger partial charge in [-0.1, -0.05) is 54.2 Å². The van der Waals surface area contributed by atoms with E-state index in [2.05, 4.69) is 40.5 Å². The molecule has 7 nitrogen and oxygen atoms in total. The Balaban J connectivity index is 1.65. The van der Waals surface area contributed by atoms with Crippen LogP contribution in [0.25, 0.3) is 22.2 Å². The SMILES string of the molecule is COc1cc(-c2nnc3n2N=C(c2cccc4ccccc24)CS3)cc(OC)c1OC. The molecule has 0 spiro atoms. The zero-order valence-corrected chi connectivity index (χ0v) is 18.1. The maximum atomic E-state index is 5.50. The van der Waals surface area contributed by atoms with Gasteiger partial charge < -0.3 is 14.2 Å². The molecule has 156 valence electrons. The van der Waals surface area contributed by atoms with Crippen LogP contribution in [0.5, 0.6) is 17.2 Å². The van der Waals surface area contributed by atoms with E-state index < -0.39 is 0 Å². The number of nitrogens with zero attached hydrogens (tertiary/aromatic N) is 4. The number of hydrogen-bond acceptors (Lipinski definition) is 7. The highest BCUT2D eigenvalue weighted by Gasteiger charge is 2.24. The molecule has 0 fully saturated rings. The maximum Gasteiger partial charge on any atom is 0.212 e. The first-order valence-electron chi connectivity index (χ1n) is 9.68. The largest absolute Gasteiger partial charge is 0.493 e. The summed E-state index contributed by atoms with van der Waals surface area (Å²) in [5.74, 6) is 2.97. The minimum absolute atomic E-state index is 0.529. The third-order valence-corrected chi connectivity index (χ3v) is 6.12. The number of ether oxygens (including phenoxy) is 3. The number of aromatic nitrogens is 3. The zero-order valence-electron chi connectivity index (χ0n) is 17.3. The van der Waals surface area contributed by atoms with Crippen LogP contribution in [0.1, 0.15) is 5.56 Å². The van der Waals surface area contributed by atoms with Gasteiger partial charge >= 0.3 is 0 Å². The van der Waals surface area contributed by atoms with Crippen LogP contribution in [0.15, 0.2) is 64.9 Å². The fourth-order valence-corrected chi connectivity index (χ4v) is 4.55. The molecule has 0 unspecified atom stereocenters. The van der Waals surface area contributed by atoms with E-state index >= 15 is 0 Å². The molecule has 0 atom stereocenters. The van der Waals surface area contributed by atoms with Gasteiger partial charge in [-0.25, -0.2) is 0 Å². The molecule has 1 aliphatic rings. The van der Waals surface area contributed by atoms with Gasteiger partial charge in [-0.3, -0.25) is 0 Å². The van der Waals surface area contributed by atoms with E-state index in [4.69, 9.17) is 19.3 Å². The Morgan fingerprint density at radius 3 is 2.35 bits per heavy atom. The van der Waals surface area contributed by atoms with Crippen LogP contribution >= 0.6 is 11.8 Å². The molecule has 0 saturated carbocycles. The summed E-state index contributed by atoms with van der Waals surface area (Å²) in [4.78, 5) is 0. The molecule has 5 rings (SSSR count). The summed E-state index contributed by atoms with van der Waals surface area (Å²) in [6.45, 7) is 0. The summed E-state index contributed by atoms with van der Waals surface area (Å²) < 4.78 is 18.2. The highest BCUT2D eigenvalue weighted by atomic mass is 32.2. The molecule has 0 saturated heterocycles. The van der Waals surface area contributed by atoms with Crippen molar-refractivity contribution in [2.24, 2.45) is 5.10 Å². The quantitative estimate of drug-likeness (QED) is 0.463. The predicted octanol–water partition coefficient (Wildman–Crippen LogP) is 4.48. The summed E-state index contributed by atoms with van der Waals surface area (Å²) in [6, 6.07) is 18.3. The molecule has 0 amide bonds. The number of benzene rings is 3. The molecule has 4 aromatic rings. The lowest BCUT2D eigenvalue weighted by molar-refractivity contribution is 0.324. The van der Waals surface area contributed by atoms with Crippen molar-refractivity contribution in [3.05, 3.63) is 60.2 Å². The van der Waals surface area contributed by atoms with Crippen molar-refractivity contribution in [1.82, 2.24) is 14.9 Å². The van der Waals surface area contributed by atoms with Crippen LogP contribution in [0.2, 0.25) is 0 Å². The minimum atomic E-state index is 0.529. The molecule has 1 aliphatic heterocycles. The van der Waals surface area contributed by atoms with E-state index in [1.807, 2.05) is 24.3 Å². The van der Waals surface area contributed by atoms with Crippen molar-refractivity contribution >= 4 is 28.2 Å². The topological polar surface area (TPSA) is 70.8 Å². The number of rotatable bonds is 5. The van der Waals surface area contributed by atoms with Crippen molar-refractivity contribution in [1.29, 1.82) is 0 Å². The van der Waals surface area contributed by atoms with Crippen molar-refractivity contribution in [2.75, 3.05) is 27.1 Å². The number of thioether (sulfide) groups is 1. The normalized spacial score (nSPS) is 12.9. The number of fused-ring (bicyclic) bond motifs is 2. The molecular formula is C23H20N4O3S. The van der Waals surface area contributed by atoms with Crippen molar-refractivity contribution < 1.29 is 14.2 Å². The molecule has 1 aromatic heterocycles. The van der Waals surface area contributed by atoms with Crippen molar-refractivity contribution in [3.63, 3.8) is 0 Å². The molecular weight excluding hydrogens is 412 g/mol. The van der Waals surface area contributed by atoms with Crippen LogP contribution in [-0.4, -0.2) is 47.7 Å². The Morgan fingerprint density at radius 2 is 1.61 bits per heavy atom. The zero-order chi connectivity index (χ0) is 21.4. The number of methoxy groups -OCH3 is 3. The van der Waals surface area contributed by atoms with Crippen molar-refractivity contribution in [2.45, 2.75) is 5.16 Å². The summed E-state index contributed by atoms with van der Waals surface area (Å²) in [6.07, 6.45) is 0. The second kappa shape index (κ2) is 7.96. The number of hydrogen-bond donors (Lipinski definition) is 0. The fourth-order valence-electron chi connectivity index (χ4n) is 3.73. The molecule has 0 aliphatic carbocycles. The molecule has 31 heavy (non-hydrogen) atoms. The minimum Gasteiger partial charge on any atom is -0.493 e. The Morgan fingerprint density at radius 1 is 0.871 bits per heavy atom. The highest BCUT2D eigenvalue weighted by molar-refractivity contribution is 7.99. The lowest BCUT2D eigenvalue weighted by Crippen LogP contribution is -2.14. The Bertz CT molecular complexity index is 1290. The van der Waals surface area contributed by atoms with Gasteiger partial charge in [0.05, 0.1) is 27.0 Å². The van der Waals surface area contributed by atoms with Gasteiger partial charge in [-0.05, 0) is 22.9 Å². The Labute approximate surface area is 183 Å². The predicted molar refractivity (Wildman–Crippen MR) is 122 cm³/mol. The van der Waals surface area contributed by atoms with Gasteiger partial charge in [0.15, 0.2) is 17.3 Å². The maximum absolute atomic E-state index is 5.50. The van der Waals surface area contributed by atoms with E-state index in [1.165, 1.54) is 10.8 Å². The van der Waals surface area contributed by atoms with Crippen LogP contribution in [0.3, 0.4) is 0 Å². The average Bonchev–Trinajstić information content (AvgIpc) is 3.26. The van der Waals surface area contributed by atoms with E-state index in [0.29, 0.717) is 23.1 Å². The summed E-state index contributed by atoms with van der Waals surface area (Å²) >= 11 is 1.61. The summed E-state index contributed by atoms with van der Waals surface area (Å²) in [7, 11) is 4.76. The van der Waals surface area contributed by atoms with Gasteiger partial charge in [0.1, 0.15) is 0 Å². The van der Waals surface area contributed by atoms with Crippen LogP contribution < -0.4 is 14.2 Å². The van der Waals surface area contributed by atoms with E-state index in [-0.39, 0.29) is 0 Å². The lowest BCUT2D eigenvalue weighted by Gasteiger charge is -2.17. The Kier molecular flexibility index (Phi) is 4.99. The standard InChI is InChI=1S/C23H20N4O3S/c1-28-19-11-15(12-20(29-2)21(19)30-3)22-24-25-23-27(22)26-18(13-31-23)17-10-6-8-14-7-4-5-9-16(14)17/h4-12H,13H2,1-3H3. The van der Waals surface area contributed by atoms with Gasteiger partial charge in [0.2, 0.25) is 10.9 Å². The summed E-state index contributed by atoms with van der Waals surface area (Å²) in [5.41, 5.74) is 2.86. The molecule has 2 heterocycles. The fraction of sp³-hybridized carbons (Fsp3) is 0.174. The molecule has 0 N–H and O–H groups in total. The first-order valence-corrected chi connectivity index (χ1v) is 10.7. The molecule has 8 heteroatoms. The van der Waals surface area contributed by atoms with Crippen LogP contribution in [0.4, 0.5) is 0 Å². The average molecular weight is 433 g/mol. The highest BCUT2D eigenvalue weighted by Crippen LogP contribution is 2.41. The first-order chi connectivity index (χ1) is 15.2. The van der Waals surface area contributed by atoms with Crippen LogP contribution in [-0.2, 0) is 0 Å². The lowest BCUT2D eigenvalue weighted by atomic mass is 10.0. The van der Waals surface area contributed by atoms with E-state index in [1.54, 1.807) is 37.8 Å². The monoisotopic (exact) mass is 432 g/mol. The third kappa shape index (κ3) is 3.29. The Hall–Kier alpha value is -3.52. The molecule has 0 radical (unpaired) electrons. The molecule has 3 aromatic carbocycles. The van der Waals surface area contributed by atoms with Gasteiger partial charge in [-0.2, -0.15) is 9.78 Å². The third-order valence-electron chi connectivity index (χ3n) is 5.19. The van der Waals surface area contributed by atoms with E-state index in [0.717, 1.165) is 27.7 Å². The summed E-state index contributed by atoms with van der Waals surface area (Å²) in [5, 5.41) is 16.8. The smallest absolute Gasteiger partial charge is 0.212 e. The van der Waals surface area contributed by atoms with Gasteiger partial charge in [0.25, 0.3) is 0 Å². The van der Waals surface area contributed by atoms with Crippen LogP contribution in [0, 0.1) is 0 Å². The first kappa shape index (κ1) is 19.4. The van der Waals surface area contributed by atoms with E-state index in [9.17, 15) is 0 Å². The van der Waals surface area contributed by atoms with Crippen molar-refractivity contribution in [3.8, 4) is 28.6 Å². The van der Waals surface area contributed by atoms with Gasteiger partial charge in [0, 0.05) is 16.9 Å². The molecule has 0 bridgehead atoms. The van der Waals surface area contributed by atoms with Gasteiger partial charge in [-0.15, -0.1) is 10.2 Å². The second-order valence-corrected chi connectivity index (χ2v) is 7.84.